The van der Waals surface area contributed by atoms with Crippen LogP contribution < -0.4 is 5.32 Å². The van der Waals surface area contributed by atoms with Gasteiger partial charge >= 0.3 is 0 Å². The van der Waals surface area contributed by atoms with E-state index in [0.717, 1.165) is 18.7 Å². The number of benzene rings is 1. The highest BCUT2D eigenvalue weighted by Crippen LogP contribution is 2.18. The smallest absolute Gasteiger partial charge is 0.0402 e. The summed E-state index contributed by atoms with van der Waals surface area (Å²) in [5, 5.41) is 10.9. The van der Waals surface area contributed by atoms with E-state index in [9.17, 15) is 0 Å². The van der Waals surface area contributed by atoms with Crippen LogP contribution in [-0.2, 0) is 6.42 Å². The molecule has 0 aromatic heterocycles. The molecule has 0 radical (unpaired) electrons. The van der Waals surface area contributed by atoms with E-state index >= 15 is 0 Å². The summed E-state index contributed by atoms with van der Waals surface area (Å²) >= 11 is 0. The molecule has 128 valence electrons. The van der Waals surface area contributed by atoms with Crippen LogP contribution in [0.5, 0.6) is 0 Å². The summed E-state index contributed by atoms with van der Waals surface area (Å²) in [5.74, 6) is 0.595. The number of aliphatic hydroxyl groups is 1. The van der Waals surface area contributed by atoms with E-state index in [4.69, 9.17) is 5.11 Å². The molecule has 0 amide bonds. The largest absolute Gasteiger partial charge is 0.397 e. The zero-order valence-corrected chi connectivity index (χ0v) is 15.4. The molecule has 1 rings (SSSR count). The van der Waals surface area contributed by atoms with Crippen molar-refractivity contribution in [1.82, 2.24) is 5.32 Å². The van der Waals surface area contributed by atoms with E-state index in [-0.39, 0.29) is 6.61 Å². The first kappa shape index (κ1) is 21.2. The Morgan fingerprint density at radius 2 is 1.96 bits per heavy atom. The first-order chi connectivity index (χ1) is 11.0. The predicted molar refractivity (Wildman–Crippen MR) is 103 cm³/mol. The summed E-state index contributed by atoms with van der Waals surface area (Å²) < 4.78 is 0. The van der Waals surface area contributed by atoms with Gasteiger partial charge in [-0.2, -0.15) is 0 Å². The fraction of sp³-hybridized carbons (Fsp3) is 0.429. The topological polar surface area (TPSA) is 32.3 Å². The van der Waals surface area contributed by atoms with Crippen LogP contribution in [0.3, 0.4) is 0 Å². The molecule has 1 aromatic rings. The maximum Gasteiger partial charge on any atom is 0.0402 e. The van der Waals surface area contributed by atoms with E-state index in [0.29, 0.717) is 5.92 Å². The van der Waals surface area contributed by atoms with Crippen molar-refractivity contribution in [3.63, 3.8) is 0 Å². The van der Waals surface area contributed by atoms with Crippen LogP contribution in [0.4, 0.5) is 0 Å². The summed E-state index contributed by atoms with van der Waals surface area (Å²) in [5.41, 5.74) is 5.16. The Hall–Kier alpha value is -1.80. The van der Waals surface area contributed by atoms with Crippen molar-refractivity contribution in [3.8, 4) is 0 Å². The van der Waals surface area contributed by atoms with Crippen LogP contribution in [0.25, 0.3) is 0 Å². The minimum atomic E-state index is 0.250. The second-order valence-electron chi connectivity index (χ2n) is 5.74. The molecule has 0 aliphatic rings. The average Bonchev–Trinajstić information content (AvgIpc) is 2.49. The Labute approximate surface area is 142 Å². The van der Waals surface area contributed by atoms with E-state index in [2.05, 4.69) is 50.9 Å². The average molecular weight is 316 g/mol. The van der Waals surface area contributed by atoms with E-state index in [1.807, 2.05) is 31.2 Å². The molecule has 0 spiro atoms. The quantitative estimate of drug-likeness (QED) is 0.702. The first-order valence-electron chi connectivity index (χ1n) is 8.38. The van der Waals surface area contributed by atoms with Gasteiger partial charge in [0.25, 0.3) is 0 Å². The van der Waals surface area contributed by atoms with E-state index < -0.39 is 0 Å². The summed E-state index contributed by atoms with van der Waals surface area (Å²) in [6.45, 7) is 15.5. The minimum absolute atomic E-state index is 0.250. The molecule has 0 atom stereocenters. The van der Waals surface area contributed by atoms with Crippen LogP contribution in [-0.4, -0.2) is 18.3 Å². The van der Waals surface area contributed by atoms with Crippen molar-refractivity contribution >= 4 is 0 Å². The monoisotopic (exact) mass is 315 g/mol. The van der Waals surface area contributed by atoms with Gasteiger partial charge in [-0.15, -0.1) is 0 Å². The maximum atomic E-state index is 7.57. The number of aryl methyl sites for hydroxylation is 1. The Morgan fingerprint density at radius 3 is 2.48 bits per heavy atom. The number of hydrogen-bond donors (Lipinski definition) is 2. The predicted octanol–water partition coefficient (Wildman–Crippen LogP) is 4.90. The summed E-state index contributed by atoms with van der Waals surface area (Å²) in [4.78, 5) is 0. The molecular weight excluding hydrogens is 282 g/mol. The number of aliphatic hydroxyl groups excluding tert-OH is 1. The third-order valence-corrected chi connectivity index (χ3v) is 3.38. The van der Waals surface area contributed by atoms with Gasteiger partial charge in [-0.3, -0.25) is 0 Å². The highest BCUT2D eigenvalue weighted by molar-refractivity contribution is 5.33. The zero-order chi connectivity index (χ0) is 17.7. The fourth-order valence-corrected chi connectivity index (χ4v) is 2.06. The number of allylic oxidation sites excluding steroid dienone is 4. The molecular formula is C21H33NO. The third-order valence-electron chi connectivity index (χ3n) is 3.38. The molecule has 0 aliphatic heterocycles. The van der Waals surface area contributed by atoms with Crippen LogP contribution in [0.2, 0.25) is 0 Å². The summed E-state index contributed by atoms with van der Waals surface area (Å²) in [6, 6.07) is 6.80. The van der Waals surface area contributed by atoms with Gasteiger partial charge in [-0.05, 0) is 55.9 Å². The maximum absolute atomic E-state index is 7.57. The first-order valence-corrected chi connectivity index (χ1v) is 8.38. The Morgan fingerprint density at radius 1 is 1.30 bits per heavy atom. The molecule has 0 bridgehead atoms. The molecule has 2 heteroatoms. The van der Waals surface area contributed by atoms with E-state index in [1.165, 1.54) is 16.7 Å². The van der Waals surface area contributed by atoms with Gasteiger partial charge in [0.1, 0.15) is 0 Å². The number of nitrogens with one attached hydrogen (secondary N) is 1. The van der Waals surface area contributed by atoms with Gasteiger partial charge in [0.2, 0.25) is 0 Å². The second-order valence-corrected chi connectivity index (χ2v) is 5.74. The van der Waals surface area contributed by atoms with Crippen molar-refractivity contribution in [2.75, 3.05) is 13.2 Å². The molecule has 0 unspecified atom stereocenters. The standard InChI is InChI=1S/C19H27N.C2H6O/c1-6-7-8-9-17(5)20-13-12-18-10-11-19(15(2)3)14-16(18)4;1-2-3/h6-11,14-15,20H,5,12-13H2,1-4H3;3H,2H2,1H3/b7-6-,9-8-;. The van der Waals surface area contributed by atoms with Crippen LogP contribution in [0.15, 0.2) is 54.8 Å². The Balaban J connectivity index is 0.00000149. The van der Waals surface area contributed by atoms with Gasteiger partial charge in [-0.25, -0.2) is 0 Å². The highest BCUT2D eigenvalue weighted by Gasteiger charge is 2.03. The molecule has 0 fully saturated rings. The van der Waals surface area contributed by atoms with Gasteiger partial charge in [0.15, 0.2) is 0 Å². The molecule has 1 aromatic carbocycles. The van der Waals surface area contributed by atoms with Gasteiger partial charge in [0.05, 0.1) is 0 Å². The molecule has 23 heavy (non-hydrogen) atoms. The summed E-state index contributed by atoms with van der Waals surface area (Å²) in [6.07, 6.45) is 9.03. The molecule has 0 heterocycles. The van der Waals surface area contributed by atoms with Crippen LogP contribution in [0, 0.1) is 6.92 Å². The Kier molecular flexibility index (Phi) is 11.7. The number of hydrogen-bond acceptors (Lipinski definition) is 2. The van der Waals surface area contributed by atoms with Crippen molar-refractivity contribution < 1.29 is 5.11 Å². The SMILES string of the molecule is C=C(/C=C\C=C/C)NCCc1ccc(C(C)C)cc1C.CCO. The minimum Gasteiger partial charge on any atom is -0.397 e. The second kappa shape index (κ2) is 12.7. The lowest BCUT2D eigenvalue weighted by atomic mass is 9.97. The van der Waals surface area contributed by atoms with Crippen molar-refractivity contribution in [2.24, 2.45) is 0 Å². The molecule has 0 saturated heterocycles. The Bertz CT molecular complexity index is 513. The molecule has 2 nitrogen and oxygen atoms in total. The molecule has 0 saturated carbocycles. The lowest BCUT2D eigenvalue weighted by Crippen LogP contribution is -2.15. The summed E-state index contributed by atoms with van der Waals surface area (Å²) in [7, 11) is 0. The van der Waals surface area contributed by atoms with Crippen molar-refractivity contribution in [2.45, 2.75) is 47.0 Å². The third kappa shape index (κ3) is 9.75. The molecule has 0 aliphatic carbocycles. The van der Waals surface area contributed by atoms with Crippen LogP contribution >= 0.6 is 0 Å². The fourth-order valence-electron chi connectivity index (χ4n) is 2.06. The lowest BCUT2D eigenvalue weighted by molar-refractivity contribution is 0.318. The van der Waals surface area contributed by atoms with Crippen molar-refractivity contribution in [1.29, 1.82) is 0 Å². The molecule has 2 N–H and O–H groups in total. The normalized spacial score (nSPS) is 10.9. The zero-order valence-electron chi connectivity index (χ0n) is 15.4. The van der Waals surface area contributed by atoms with Gasteiger partial charge < -0.3 is 10.4 Å². The van der Waals surface area contributed by atoms with Gasteiger partial charge in [-0.1, -0.05) is 56.9 Å². The van der Waals surface area contributed by atoms with Gasteiger partial charge in [0, 0.05) is 18.8 Å². The van der Waals surface area contributed by atoms with E-state index in [1.54, 1.807) is 6.92 Å². The van der Waals surface area contributed by atoms with Crippen molar-refractivity contribution in [3.05, 3.63) is 71.5 Å². The highest BCUT2D eigenvalue weighted by atomic mass is 16.2. The lowest BCUT2D eigenvalue weighted by Gasteiger charge is -2.12. The number of rotatable bonds is 7. The van der Waals surface area contributed by atoms with Crippen LogP contribution in [0.1, 0.15) is 50.3 Å².